The van der Waals surface area contributed by atoms with Gasteiger partial charge in [-0.25, -0.2) is 0 Å². The average Bonchev–Trinajstić information content (AvgIpc) is 2.47. The third-order valence-corrected chi connectivity index (χ3v) is 2.95. The van der Waals surface area contributed by atoms with Crippen LogP contribution in [-0.4, -0.2) is 12.5 Å². The molecular weight excluding hydrogens is 184 g/mol. The van der Waals surface area contributed by atoms with Gasteiger partial charge in [-0.3, -0.25) is 4.79 Å². The topological polar surface area (TPSA) is 55.1 Å². The van der Waals surface area contributed by atoms with E-state index in [0.717, 1.165) is 0 Å². The number of nitrogens with two attached hydrogens (primary N) is 1. The van der Waals surface area contributed by atoms with Crippen molar-refractivity contribution in [2.75, 3.05) is 6.54 Å². The summed E-state index contributed by atoms with van der Waals surface area (Å²) >= 11 is 1.73. The van der Waals surface area contributed by atoms with Gasteiger partial charge in [-0.05, 0) is 26.0 Å². The van der Waals surface area contributed by atoms with Gasteiger partial charge in [-0.2, -0.15) is 0 Å². The van der Waals surface area contributed by atoms with Crippen molar-refractivity contribution in [2.45, 2.75) is 19.9 Å². The number of primary amides is 1. The molecule has 1 amide bonds. The Balaban J connectivity index is 2.48. The van der Waals surface area contributed by atoms with E-state index in [1.807, 2.05) is 6.92 Å². The lowest BCUT2D eigenvalue weighted by Gasteiger charge is -2.09. The van der Waals surface area contributed by atoms with Crippen LogP contribution in [-0.2, 0) is 4.79 Å². The highest BCUT2D eigenvalue weighted by Crippen LogP contribution is 2.21. The standard InChI is InChI=1S/C9H14N2OS/c1-6-3-4-8(13-6)7(2)11-5-9(10)12/h3-4,7,11H,5H2,1-2H3,(H2,10,12). The van der Waals surface area contributed by atoms with Crippen molar-refractivity contribution in [1.82, 2.24) is 5.32 Å². The summed E-state index contributed by atoms with van der Waals surface area (Å²) in [5.41, 5.74) is 5.03. The van der Waals surface area contributed by atoms with Gasteiger partial charge >= 0.3 is 0 Å². The maximum atomic E-state index is 10.5. The molecule has 0 aromatic carbocycles. The van der Waals surface area contributed by atoms with E-state index in [4.69, 9.17) is 5.73 Å². The predicted octanol–water partition coefficient (Wildman–Crippen LogP) is 1.19. The van der Waals surface area contributed by atoms with Crippen LogP contribution in [0.1, 0.15) is 22.7 Å². The van der Waals surface area contributed by atoms with E-state index >= 15 is 0 Å². The summed E-state index contributed by atoms with van der Waals surface area (Å²) in [5, 5.41) is 3.05. The first-order chi connectivity index (χ1) is 6.09. The van der Waals surface area contributed by atoms with Gasteiger partial charge in [0.2, 0.25) is 5.91 Å². The first kappa shape index (κ1) is 10.2. The molecule has 1 rings (SSSR count). The number of rotatable bonds is 4. The van der Waals surface area contributed by atoms with Gasteiger partial charge in [-0.1, -0.05) is 0 Å². The quantitative estimate of drug-likeness (QED) is 0.763. The van der Waals surface area contributed by atoms with E-state index in [1.165, 1.54) is 9.75 Å². The van der Waals surface area contributed by atoms with Gasteiger partial charge in [0.05, 0.1) is 6.54 Å². The summed E-state index contributed by atoms with van der Waals surface area (Å²) < 4.78 is 0. The van der Waals surface area contributed by atoms with E-state index in [9.17, 15) is 4.79 Å². The number of hydrogen-bond donors (Lipinski definition) is 2. The number of nitrogens with one attached hydrogen (secondary N) is 1. The molecule has 1 aromatic heterocycles. The van der Waals surface area contributed by atoms with Crippen molar-refractivity contribution in [3.63, 3.8) is 0 Å². The van der Waals surface area contributed by atoms with Crippen molar-refractivity contribution < 1.29 is 4.79 Å². The Morgan fingerprint density at radius 2 is 2.38 bits per heavy atom. The first-order valence-corrected chi connectivity index (χ1v) is 4.99. The van der Waals surface area contributed by atoms with E-state index in [-0.39, 0.29) is 18.5 Å². The van der Waals surface area contributed by atoms with Gasteiger partial charge in [-0.15, -0.1) is 11.3 Å². The molecule has 0 fully saturated rings. The minimum absolute atomic E-state index is 0.200. The highest BCUT2D eigenvalue weighted by atomic mass is 32.1. The van der Waals surface area contributed by atoms with E-state index in [1.54, 1.807) is 11.3 Å². The molecule has 0 saturated carbocycles. The van der Waals surface area contributed by atoms with Gasteiger partial charge in [0.25, 0.3) is 0 Å². The van der Waals surface area contributed by atoms with Crippen molar-refractivity contribution in [3.05, 3.63) is 21.9 Å². The smallest absolute Gasteiger partial charge is 0.231 e. The largest absolute Gasteiger partial charge is 0.369 e. The summed E-state index contributed by atoms with van der Waals surface area (Å²) in [6.07, 6.45) is 0. The molecule has 0 aliphatic rings. The van der Waals surface area contributed by atoms with Gasteiger partial charge < -0.3 is 11.1 Å². The maximum Gasteiger partial charge on any atom is 0.231 e. The van der Waals surface area contributed by atoms with Crippen molar-refractivity contribution in [1.29, 1.82) is 0 Å². The number of thiophene rings is 1. The molecule has 3 N–H and O–H groups in total. The molecule has 0 saturated heterocycles. The van der Waals surface area contributed by atoms with Crippen LogP contribution < -0.4 is 11.1 Å². The minimum atomic E-state index is -0.319. The predicted molar refractivity (Wildman–Crippen MR) is 54.7 cm³/mol. The summed E-state index contributed by atoms with van der Waals surface area (Å²) in [7, 11) is 0. The SMILES string of the molecule is Cc1ccc(C(C)NCC(N)=O)s1. The number of amides is 1. The Hall–Kier alpha value is -0.870. The summed E-state index contributed by atoms with van der Waals surface area (Å²) in [6, 6.07) is 4.34. The molecule has 0 radical (unpaired) electrons. The molecule has 4 heteroatoms. The second-order valence-electron chi connectivity index (χ2n) is 3.02. The van der Waals surface area contributed by atoms with E-state index < -0.39 is 0 Å². The number of aryl methyl sites for hydroxylation is 1. The fourth-order valence-electron chi connectivity index (χ4n) is 1.04. The first-order valence-electron chi connectivity index (χ1n) is 4.17. The third kappa shape index (κ3) is 3.16. The van der Waals surface area contributed by atoms with Crippen LogP contribution in [0.2, 0.25) is 0 Å². The normalized spacial score (nSPS) is 12.8. The van der Waals surface area contributed by atoms with Crippen LogP contribution in [0.25, 0.3) is 0 Å². The number of carbonyl (C=O) groups is 1. The van der Waals surface area contributed by atoms with Crippen LogP contribution in [0.5, 0.6) is 0 Å². The molecule has 1 aromatic rings. The molecule has 0 aliphatic heterocycles. The van der Waals surface area contributed by atoms with Gasteiger partial charge in [0, 0.05) is 15.8 Å². The molecule has 72 valence electrons. The molecule has 0 spiro atoms. The van der Waals surface area contributed by atoms with Gasteiger partial charge in [0.15, 0.2) is 0 Å². The van der Waals surface area contributed by atoms with Crippen LogP contribution in [0.3, 0.4) is 0 Å². The maximum absolute atomic E-state index is 10.5. The highest BCUT2D eigenvalue weighted by Gasteiger charge is 2.07. The minimum Gasteiger partial charge on any atom is -0.369 e. The highest BCUT2D eigenvalue weighted by molar-refractivity contribution is 7.12. The van der Waals surface area contributed by atoms with Crippen LogP contribution in [0.15, 0.2) is 12.1 Å². The zero-order valence-electron chi connectivity index (χ0n) is 7.83. The third-order valence-electron chi connectivity index (χ3n) is 1.77. The van der Waals surface area contributed by atoms with E-state index in [2.05, 4.69) is 24.4 Å². The Kier molecular flexibility index (Phi) is 3.45. The molecule has 1 heterocycles. The van der Waals surface area contributed by atoms with E-state index in [0.29, 0.717) is 0 Å². The molecule has 1 unspecified atom stereocenters. The Bertz CT molecular complexity index is 296. The Morgan fingerprint density at radius 3 is 2.85 bits per heavy atom. The number of hydrogen-bond acceptors (Lipinski definition) is 3. The summed E-state index contributed by atoms with van der Waals surface area (Å²) in [6.45, 7) is 4.32. The zero-order valence-corrected chi connectivity index (χ0v) is 8.65. The zero-order chi connectivity index (χ0) is 9.84. The lowest BCUT2D eigenvalue weighted by Crippen LogP contribution is -2.30. The molecule has 1 atom stereocenters. The summed E-state index contributed by atoms with van der Waals surface area (Å²) in [4.78, 5) is 13.0. The average molecular weight is 198 g/mol. The molecule has 13 heavy (non-hydrogen) atoms. The second kappa shape index (κ2) is 4.39. The molecular formula is C9H14N2OS. The Morgan fingerprint density at radius 1 is 1.69 bits per heavy atom. The van der Waals surface area contributed by atoms with Crippen LogP contribution in [0.4, 0.5) is 0 Å². The van der Waals surface area contributed by atoms with Crippen molar-refractivity contribution in [2.24, 2.45) is 5.73 Å². The monoisotopic (exact) mass is 198 g/mol. The van der Waals surface area contributed by atoms with Crippen molar-refractivity contribution in [3.8, 4) is 0 Å². The molecule has 3 nitrogen and oxygen atoms in total. The fraction of sp³-hybridized carbons (Fsp3) is 0.444. The van der Waals surface area contributed by atoms with Crippen molar-refractivity contribution >= 4 is 17.2 Å². The lowest BCUT2D eigenvalue weighted by atomic mass is 10.3. The lowest BCUT2D eigenvalue weighted by molar-refractivity contribution is -0.117. The summed E-state index contributed by atoms with van der Waals surface area (Å²) in [5.74, 6) is -0.319. The Labute approximate surface area is 81.9 Å². The number of carbonyl (C=O) groups excluding carboxylic acids is 1. The second-order valence-corrected chi connectivity index (χ2v) is 4.34. The fourth-order valence-corrected chi connectivity index (χ4v) is 1.94. The molecule has 0 aliphatic carbocycles. The van der Waals surface area contributed by atoms with Crippen LogP contribution in [0, 0.1) is 6.92 Å². The molecule has 0 bridgehead atoms. The van der Waals surface area contributed by atoms with Crippen LogP contribution >= 0.6 is 11.3 Å². The van der Waals surface area contributed by atoms with Gasteiger partial charge in [0.1, 0.15) is 0 Å².